The van der Waals surface area contributed by atoms with Crippen molar-refractivity contribution < 1.29 is 0 Å². The van der Waals surface area contributed by atoms with Gasteiger partial charge in [0.25, 0.3) is 0 Å². The van der Waals surface area contributed by atoms with Crippen molar-refractivity contribution in [2.24, 2.45) is 0 Å². The number of halogens is 1. The fraction of sp³-hybridized carbons (Fsp3) is 0.231. The topological polar surface area (TPSA) is 62.5 Å². The number of hydrogen-bond donors (Lipinski definition) is 1. The summed E-state index contributed by atoms with van der Waals surface area (Å²) in [5.74, 6) is 0.400. The third-order valence-corrected chi connectivity index (χ3v) is 2.94. The highest BCUT2D eigenvalue weighted by atomic mass is 35.5. The summed E-state index contributed by atoms with van der Waals surface area (Å²) in [7, 11) is 0. The minimum Gasteiger partial charge on any atom is -0.301 e. The zero-order valence-corrected chi connectivity index (χ0v) is 10.7. The lowest BCUT2D eigenvalue weighted by molar-refractivity contribution is 0.824. The predicted molar refractivity (Wildman–Crippen MR) is 71.1 cm³/mol. The summed E-state index contributed by atoms with van der Waals surface area (Å²) in [6.07, 6.45) is 5.78. The van der Waals surface area contributed by atoms with Crippen molar-refractivity contribution in [1.29, 1.82) is 5.41 Å². The van der Waals surface area contributed by atoms with Gasteiger partial charge in [0.2, 0.25) is 0 Å². The molecule has 2 heterocycles. The molecule has 1 unspecified atom stereocenters. The van der Waals surface area contributed by atoms with E-state index in [1.54, 1.807) is 30.7 Å². The lowest BCUT2D eigenvalue weighted by Crippen LogP contribution is -2.15. The monoisotopic (exact) mass is 260 g/mol. The molecule has 0 aliphatic rings. The Morgan fingerprint density at radius 2 is 2.00 bits per heavy atom. The van der Waals surface area contributed by atoms with Crippen LogP contribution in [0.15, 0.2) is 36.8 Å². The van der Waals surface area contributed by atoms with E-state index in [1.165, 1.54) is 0 Å². The van der Waals surface area contributed by atoms with E-state index < -0.39 is 0 Å². The first kappa shape index (κ1) is 12.6. The highest BCUT2D eigenvalue weighted by Gasteiger charge is 2.18. The molecule has 1 atom stereocenters. The van der Waals surface area contributed by atoms with Gasteiger partial charge >= 0.3 is 0 Å². The summed E-state index contributed by atoms with van der Waals surface area (Å²) in [6.45, 7) is 2.02. The lowest BCUT2D eigenvalue weighted by Gasteiger charge is -2.15. The molecule has 0 fully saturated rings. The predicted octanol–water partition coefficient (Wildman–Crippen LogP) is 3.09. The molecule has 0 spiro atoms. The SMILES string of the molecule is CCC(C(=N)c1ncccn1)c1ccc(Cl)nc1. The van der Waals surface area contributed by atoms with E-state index in [-0.39, 0.29) is 5.92 Å². The van der Waals surface area contributed by atoms with E-state index in [0.29, 0.717) is 16.7 Å². The van der Waals surface area contributed by atoms with Crippen LogP contribution in [0.5, 0.6) is 0 Å². The Balaban J connectivity index is 2.29. The third kappa shape index (κ3) is 2.71. The second-order valence-electron chi connectivity index (χ2n) is 3.86. The lowest BCUT2D eigenvalue weighted by atomic mass is 9.92. The highest BCUT2D eigenvalue weighted by molar-refractivity contribution is 6.29. The molecule has 0 amide bonds. The zero-order chi connectivity index (χ0) is 13.0. The number of aromatic nitrogens is 3. The van der Waals surface area contributed by atoms with Gasteiger partial charge < -0.3 is 5.41 Å². The average molecular weight is 261 g/mol. The van der Waals surface area contributed by atoms with Crippen LogP contribution < -0.4 is 0 Å². The highest BCUT2D eigenvalue weighted by Crippen LogP contribution is 2.23. The molecule has 0 aliphatic carbocycles. The maximum Gasteiger partial charge on any atom is 0.173 e. The van der Waals surface area contributed by atoms with Crippen molar-refractivity contribution in [3.63, 3.8) is 0 Å². The molecular weight excluding hydrogens is 248 g/mol. The third-order valence-electron chi connectivity index (χ3n) is 2.72. The molecule has 0 saturated heterocycles. The van der Waals surface area contributed by atoms with Crippen LogP contribution in [0.4, 0.5) is 0 Å². The van der Waals surface area contributed by atoms with Gasteiger partial charge in [-0.05, 0) is 24.1 Å². The smallest absolute Gasteiger partial charge is 0.173 e. The molecule has 2 aromatic rings. The second kappa shape index (κ2) is 5.69. The zero-order valence-electron chi connectivity index (χ0n) is 9.97. The van der Waals surface area contributed by atoms with Gasteiger partial charge in [-0.1, -0.05) is 24.6 Å². The first-order valence-corrected chi connectivity index (χ1v) is 6.07. The molecule has 2 aromatic heterocycles. The first-order chi connectivity index (χ1) is 8.72. The Labute approximate surface area is 111 Å². The van der Waals surface area contributed by atoms with Gasteiger partial charge in [0.15, 0.2) is 5.82 Å². The van der Waals surface area contributed by atoms with Gasteiger partial charge in [-0.2, -0.15) is 0 Å². The van der Waals surface area contributed by atoms with Gasteiger partial charge in [-0.15, -0.1) is 0 Å². The quantitative estimate of drug-likeness (QED) is 0.679. The van der Waals surface area contributed by atoms with E-state index in [4.69, 9.17) is 17.0 Å². The van der Waals surface area contributed by atoms with Crippen LogP contribution in [0, 0.1) is 5.41 Å². The minimum atomic E-state index is -0.0582. The molecule has 18 heavy (non-hydrogen) atoms. The first-order valence-electron chi connectivity index (χ1n) is 5.69. The summed E-state index contributed by atoms with van der Waals surface area (Å²) in [5.41, 5.74) is 1.36. The van der Waals surface area contributed by atoms with Crippen molar-refractivity contribution in [3.8, 4) is 0 Å². The summed E-state index contributed by atoms with van der Waals surface area (Å²) < 4.78 is 0. The molecule has 0 bridgehead atoms. The maximum absolute atomic E-state index is 8.19. The Kier molecular flexibility index (Phi) is 3.99. The van der Waals surface area contributed by atoms with Crippen LogP contribution in [-0.4, -0.2) is 20.7 Å². The summed E-state index contributed by atoms with van der Waals surface area (Å²) in [6, 6.07) is 5.36. The number of nitrogens with one attached hydrogen (secondary N) is 1. The van der Waals surface area contributed by atoms with Crippen molar-refractivity contribution in [1.82, 2.24) is 15.0 Å². The van der Waals surface area contributed by atoms with Crippen LogP contribution in [0.3, 0.4) is 0 Å². The Morgan fingerprint density at radius 1 is 1.28 bits per heavy atom. The van der Waals surface area contributed by atoms with Gasteiger partial charge in [0.1, 0.15) is 5.15 Å². The Morgan fingerprint density at radius 3 is 2.56 bits per heavy atom. The molecule has 0 aromatic carbocycles. The van der Waals surface area contributed by atoms with Crippen molar-refractivity contribution >= 4 is 17.3 Å². The van der Waals surface area contributed by atoms with E-state index in [9.17, 15) is 0 Å². The van der Waals surface area contributed by atoms with Gasteiger partial charge in [0, 0.05) is 24.5 Å². The number of rotatable bonds is 4. The molecule has 5 heteroatoms. The second-order valence-corrected chi connectivity index (χ2v) is 4.25. The molecule has 4 nitrogen and oxygen atoms in total. The Bertz CT molecular complexity index is 524. The van der Waals surface area contributed by atoms with Crippen LogP contribution in [0.1, 0.15) is 30.7 Å². The minimum absolute atomic E-state index is 0.0582. The molecule has 92 valence electrons. The molecule has 2 rings (SSSR count). The molecule has 0 aliphatic heterocycles. The van der Waals surface area contributed by atoms with Crippen molar-refractivity contribution in [3.05, 3.63) is 53.3 Å². The fourth-order valence-corrected chi connectivity index (χ4v) is 1.91. The van der Waals surface area contributed by atoms with Gasteiger partial charge in [-0.3, -0.25) is 0 Å². The van der Waals surface area contributed by atoms with Crippen LogP contribution in [0.25, 0.3) is 0 Å². The number of pyridine rings is 1. The Hall–Kier alpha value is -1.81. The summed E-state index contributed by atoms with van der Waals surface area (Å²) >= 11 is 5.77. The maximum atomic E-state index is 8.19. The van der Waals surface area contributed by atoms with E-state index in [0.717, 1.165) is 12.0 Å². The van der Waals surface area contributed by atoms with Gasteiger partial charge in [0.05, 0.1) is 5.71 Å². The standard InChI is InChI=1S/C13H13ClN4/c1-2-10(9-4-5-11(14)18-8-9)12(15)13-16-6-3-7-17-13/h3-8,10,15H,2H2,1H3. The van der Waals surface area contributed by atoms with Crippen LogP contribution >= 0.6 is 11.6 Å². The number of nitrogens with zero attached hydrogens (tertiary/aromatic N) is 3. The number of hydrogen-bond acceptors (Lipinski definition) is 4. The molecule has 0 saturated carbocycles. The van der Waals surface area contributed by atoms with Crippen molar-refractivity contribution in [2.75, 3.05) is 0 Å². The molecule has 0 radical (unpaired) electrons. The normalized spacial score (nSPS) is 12.1. The van der Waals surface area contributed by atoms with E-state index in [1.807, 2.05) is 13.0 Å². The van der Waals surface area contributed by atoms with Gasteiger partial charge in [-0.25, -0.2) is 15.0 Å². The van der Waals surface area contributed by atoms with Crippen LogP contribution in [0.2, 0.25) is 5.15 Å². The largest absolute Gasteiger partial charge is 0.301 e. The summed E-state index contributed by atoms with van der Waals surface area (Å²) in [5, 5.41) is 8.65. The fourth-order valence-electron chi connectivity index (χ4n) is 1.79. The van der Waals surface area contributed by atoms with Crippen LogP contribution in [-0.2, 0) is 0 Å². The van der Waals surface area contributed by atoms with E-state index >= 15 is 0 Å². The summed E-state index contributed by atoms with van der Waals surface area (Å²) in [4.78, 5) is 12.3. The average Bonchev–Trinajstić information content (AvgIpc) is 2.42. The molecular formula is C13H13ClN4. The van der Waals surface area contributed by atoms with Crippen molar-refractivity contribution in [2.45, 2.75) is 19.3 Å². The molecule has 1 N–H and O–H groups in total. The van der Waals surface area contributed by atoms with E-state index in [2.05, 4.69) is 15.0 Å².